The van der Waals surface area contributed by atoms with Gasteiger partial charge in [-0.3, -0.25) is 4.79 Å². The summed E-state index contributed by atoms with van der Waals surface area (Å²) in [6, 6.07) is 0.157. The molecular weight excluding hydrogens is 180 g/mol. The number of H-pyrrole nitrogens is 1. The van der Waals surface area contributed by atoms with Crippen LogP contribution in [0.15, 0.2) is 6.20 Å². The molecule has 0 saturated heterocycles. The number of rotatable bonds is 4. The van der Waals surface area contributed by atoms with Gasteiger partial charge in [0.25, 0.3) is 5.91 Å². The normalized spacial score (nSPS) is 14.8. The number of carbonyl (C=O) groups is 1. The third kappa shape index (κ3) is 2.55. The monoisotopic (exact) mass is 196 g/mol. The van der Waals surface area contributed by atoms with Gasteiger partial charge in [-0.05, 0) is 12.8 Å². The van der Waals surface area contributed by atoms with Crippen molar-refractivity contribution in [3.05, 3.63) is 11.9 Å². The van der Waals surface area contributed by atoms with Crippen LogP contribution < -0.4 is 5.32 Å². The first-order chi connectivity index (χ1) is 6.65. The van der Waals surface area contributed by atoms with Gasteiger partial charge in [0, 0.05) is 6.04 Å². The number of amides is 1. The topological polar surface area (TPSA) is 70.7 Å². The molecule has 1 amide bonds. The Kier molecular flexibility index (Phi) is 3.62. The predicted molar refractivity (Wildman–Crippen MR) is 52.8 cm³/mol. The molecular formula is C9H16N4O. The van der Waals surface area contributed by atoms with Gasteiger partial charge in [0.1, 0.15) is 0 Å². The Hall–Kier alpha value is -1.39. The van der Waals surface area contributed by atoms with E-state index >= 15 is 0 Å². The zero-order valence-corrected chi connectivity index (χ0v) is 8.74. The maximum Gasteiger partial charge on any atom is 0.273 e. The summed E-state index contributed by atoms with van der Waals surface area (Å²) < 4.78 is 0. The van der Waals surface area contributed by atoms with Gasteiger partial charge in [-0.15, -0.1) is 0 Å². The van der Waals surface area contributed by atoms with Crippen molar-refractivity contribution >= 4 is 5.91 Å². The van der Waals surface area contributed by atoms with Gasteiger partial charge in [0.05, 0.1) is 6.20 Å². The maximum absolute atomic E-state index is 11.5. The summed E-state index contributed by atoms with van der Waals surface area (Å²) in [5.74, 6) is 0.289. The molecule has 0 aliphatic heterocycles. The minimum atomic E-state index is -0.174. The van der Waals surface area contributed by atoms with Crippen molar-refractivity contribution in [2.24, 2.45) is 5.92 Å². The first kappa shape index (κ1) is 10.7. The molecule has 1 rings (SSSR count). The first-order valence-electron chi connectivity index (χ1n) is 4.81. The Morgan fingerprint density at radius 1 is 1.64 bits per heavy atom. The van der Waals surface area contributed by atoms with Crippen molar-refractivity contribution < 1.29 is 4.79 Å². The molecule has 0 aromatic carbocycles. The fraction of sp³-hybridized carbons (Fsp3) is 0.667. The Labute approximate surface area is 83.3 Å². The molecule has 2 atom stereocenters. The second-order valence-corrected chi connectivity index (χ2v) is 3.50. The van der Waals surface area contributed by atoms with Crippen LogP contribution in [0.5, 0.6) is 0 Å². The van der Waals surface area contributed by atoms with Gasteiger partial charge < -0.3 is 5.32 Å². The largest absolute Gasteiger partial charge is 0.348 e. The molecule has 1 aromatic heterocycles. The van der Waals surface area contributed by atoms with Gasteiger partial charge in [0.15, 0.2) is 5.69 Å². The van der Waals surface area contributed by atoms with Crippen LogP contribution >= 0.6 is 0 Å². The molecule has 0 fully saturated rings. The smallest absolute Gasteiger partial charge is 0.273 e. The lowest BCUT2D eigenvalue weighted by Gasteiger charge is -2.18. The number of aromatic amines is 1. The summed E-state index contributed by atoms with van der Waals surface area (Å²) >= 11 is 0. The second-order valence-electron chi connectivity index (χ2n) is 3.50. The summed E-state index contributed by atoms with van der Waals surface area (Å²) in [7, 11) is 0. The van der Waals surface area contributed by atoms with Crippen LogP contribution in [0.3, 0.4) is 0 Å². The molecule has 1 heterocycles. The standard InChI is InChI=1S/C9H16N4O/c1-4-6(2)7(3)11-9(14)8-5-10-13-12-8/h5-7H,4H2,1-3H3,(H,11,14)(H,10,12,13). The molecule has 0 bridgehead atoms. The van der Waals surface area contributed by atoms with Gasteiger partial charge in [-0.2, -0.15) is 15.4 Å². The lowest BCUT2D eigenvalue weighted by atomic mass is 10.0. The second kappa shape index (κ2) is 4.74. The van der Waals surface area contributed by atoms with Crippen LogP contribution in [-0.2, 0) is 0 Å². The van der Waals surface area contributed by atoms with E-state index in [0.717, 1.165) is 6.42 Å². The van der Waals surface area contributed by atoms with Crippen LogP contribution in [0, 0.1) is 5.92 Å². The van der Waals surface area contributed by atoms with Gasteiger partial charge in [-0.25, -0.2) is 0 Å². The average Bonchev–Trinajstić information content (AvgIpc) is 2.69. The highest BCUT2D eigenvalue weighted by molar-refractivity contribution is 5.91. The summed E-state index contributed by atoms with van der Waals surface area (Å²) in [6.07, 6.45) is 2.46. The van der Waals surface area contributed by atoms with Crippen molar-refractivity contribution in [1.29, 1.82) is 0 Å². The number of hydrogen-bond acceptors (Lipinski definition) is 3. The number of hydrogen-bond donors (Lipinski definition) is 2. The van der Waals surface area contributed by atoms with E-state index in [0.29, 0.717) is 11.6 Å². The van der Waals surface area contributed by atoms with Gasteiger partial charge in [-0.1, -0.05) is 20.3 Å². The zero-order chi connectivity index (χ0) is 10.6. The van der Waals surface area contributed by atoms with Crippen molar-refractivity contribution in [2.45, 2.75) is 33.2 Å². The Morgan fingerprint density at radius 3 is 2.86 bits per heavy atom. The molecule has 1 aromatic rings. The van der Waals surface area contributed by atoms with Crippen LogP contribution in [0.2, 0.25) is 0 Å². The minimum Gasteiger partial charge on any atom is -0.348 e. The summed E-state index contributed by atoms with van der Waals surface area (Å²) in [6.45, 7) is 6.20. The third-order valence-electron chi connectivity index (χ3n) is 2.50. The van der Waals surface area contributed by atoms with Crippen molar-refractivity contribution in [3.63, 3.8) is 0 Å². The number of aromatic nitrogens is 3. The molecule has 0 aliphatic rings. The van der Waals surface area contributed by atoms with E-state index in [2.05, 4.69) is 34.6 Å². The number of nitrogens with zero attached hydrogens (tertiary/aromatic N) is 2. The molecule has 78 valence electrons. The van der Waals surface area contributed by atoms with Gasteiger partial charge in [0.2, 0.25) is 0 Å². The highest BCUT2D eigenvalue weighted by atomic mass is 16.2. The van der Waals surface area contributed by atoms with E-state index in [1.54, 1.807) is 0 Å². The molecule has 2 unspecified atom stereocenters. The Balaban J connectivity index is 2.49. The average molecular weight is 196 g/mol. The lowest BCUT2D eigenvalue weighted by molar-refractivity contribution is 0.0923. The molecule has 5 heteroatoms. The van der Waals surface area contributed by atoms with E-state index < -0.39 is 0 Å². The van der Waals surface area contributed by atoms with E-state index in [4.69, 9.17) is 0 Å². The molecule has 0 radical (unpaired) electrons. The SMILES string of the molecule is CCC(C)C(C)NC(=O)c1cn[nH]n1. The van der Waals surface area contributed by atoms with Crippen molar-refractivity contribution in [3.8, 4) is 0 Å². The Morgan fingerprint density at radius 2 is 2.36 bits per heavy atom. The summed E-state index contributed by atoms with van der Waals surface area (Å²) in [4.78, 5) is 11.5. The zero-order valence-electron chi connectivity index (χ0n) is 8.74. The molecule has 0 spiro atoms. The van der Waals surface area contributed by atoms with Crippen molar-refractivity contribution in [1.82, 2.24) is 20.7 Å². The molecule has 14 heavy (non-hydrogen) atoms. The van der Waals surface area contributed by atoms with Crippen LogP contribution in [0.1, 0.15) is 37.7 Å². The predicted octanol–water partition coefficient (Wildman–Crippen LogP) is 0.969. The fourth-order valence-corrected chi connectivity index (χ4v) is 1.09. The van der Waals surface area contributed by atoms with Crippen LogP contribution in [0.25, 0.3) is 0 Å². The third-order valence-corrected chi connectivity index (χ3v) is 2.50. The van der Waals surface area contributed by atoms with Gasteiger partial charge >= 0.3 is 0 Å². The number of carbonyl (C=O) groups excluding carboxylic acids is 1. The highest BCUT2D eigenvalue weighted by Gasteiger charge is 2.15. The highest BCUT2D eigenvalue weighted by Crippen LogP contribution is 2.06. The van der Waals surface area contributed by atoms with E-state index in [-0.39, 0.29) is 11.9 Å². The summed E-state index contributed by atoms with van der Waals surface area (Å²) in [5.41, 5.74) is 0.333. The molecule has 2 N–H and O–H groups in total. The molecule has 5 nitrogen and oxygen atoms in total. The van der Waals surface area contributed by atoms with E-state index in [9.17, 15) is 4.79 Å². The van der Waals surface area contributed by atoms with E-state index in [1.807, 2.05) is 6.92 Å². The van der Waals surface area contributed by atoms with Crippen LogP contribution in [-0.4, -0.2) is 27.4 Å². The minimum absolute atomic E-state index is 0.157. The summed E-state index contributed by atoms with van der Waals surface area (Å²) in [5, 5.41) is 12.6. The quantitative estimate of drug-likeness (QED) is 0.753. The van der Waals surface area contributed by atoms with Crippen LogP contribution in [0.4, 0.5) is 0 Å². The van der Waals surface area contributed by atoms with Crippen molar-refractivity contribution in [2.75, 3.05) is 0 Å². The Bertz CT molecular complexity index is 283. The molecule has 0 saturated carbocycles. The molecule has 0 aliphatic carbocycles. The number of nitrogens with one attached hydrogen (secondary N) is 2. The van der Waals surface area contributed by atoms with E-state index in [1.165, 1.54) is 6.20 Å². The lowest BCUT2D eigenvalue weighted by Crippen LogP contribution is -2.37. The fourth-order valence-electron chi connectivity index (χ4n) is 1.09. The first-order valence-corrected chi connectivity index (χ1v) is 4.81. The maximum atomic E-state index is 11.5.